The van der Waals surface area contributed by atoms with Crippen LogP contribution in [0.3, 0.4) is 0 Å². The van der Waals surface area contributed by atoms with Gasteiger partial charge in [0.25, 0.3) is 0 Å². The summed E-state index contributed by atoms with van der Waals surface area (Å²) >= 11 is 0. The summed E-state index contributed by atoms with van der Waals surface area (Å²) in [4.78, 5) is 6.82. The fourth-order valence-corrected chi connectivity index (χ4v) is 2.88. The predicted molar refractivity (Wildman–Crippen MR) is 98.8 cm³/mol. The summed E-state index contributed by atoms with van der Waals surface area (Å²) in [6, 6.07) is 8.41. The van der Waals surface area contributed by atoms with Gasteiger partial charge in [-0.05, 0) is 50.5 Å². The van der Waals surface area contributed by atoms with E-state index in [0.29, 0.717) is 19.3 Å². The molecule has 0 N–H and O–H groups in total. The van der Waals surface area contributed by atoms with E-state index in [4.69, 9.17) is 19.6 Å². The van der Waals surface area contributed by atoms with Crippen molar-refractivity contribution in [3.63, 3.8) is 0 Å². The zero-order chi connectivity index (χ0) is 17.8. The summed E-state index contributed by atoms with van der Waals surface area (Å²) in [6.07, 6.45) is 3.95. The molecule has 1 heterocycles. The van der Waals surface area contributed by atoms with Gasteiger partial charge < -0.3 is 14.4 Å². The molecule has 0 saturated heterocycles. The van der Waals surface area contributed by atoms with Gasteiger partial charge in [-0.15, -0.1) is 0 Å². The second-order valence-corrected chi connectivity index (χ2v) is 6.91. The molecule has 0 spiro atoms. The van der Waals surface area contributed by atoms with Crippen molar-refractivity contribution in [2.45, 2.75) is 44.9 Å². The Bertz CT molecular complexity index is 677. The highest BCUT2D eigenvalue weighted by Gasteiger charge is 2.21. The molecule has 6 nitrogen and oxygen atoms in total. The first kappa shape index (κ1) is 17.9. The minimum atomic E-state index is 0.118. The van der Waals surface area contributed by atoms with Crippen LogP contribution in [0.4, 0.5) is 5.69 Å². The predicted octanol–water partition coefficient (Wildman–Crippen LogP) is 3.29. The normalized spacial score (nSPS) is 15.8. The van der Waals surface area contributed by atoms with Crippen LogP contribution in [0.25, 0.3) is 11.4 Å². The van der Waals surface area contributed by atoms with Crippen molar-refractivity contribution in [1.82, 2.24) is 14.8 Å². The van der Waals surface area contributed by atoms with Crippen LogP contribution in [-0.4, -0.2) is 48.7 Å². The number of nitrogens with zero attached hydrogens (tertiary/aromatic N) is 4. The molecule has 3 rings (SSSR count). The molecule has 1 aromatic heterocycles. The summed E-state index contributed by atoms with van der Waals surface area (Å²) in [7, 11) is 5.77. The smallest absolute Gasteiger partial charge is 0.181 e. The van der Waals surface area contributed by atoms with Crippen molar-refractivity contribution in [3.8, 4) is 11.4 Å². The van der Waals surface area contributed by atoms with Gasteiger partial charge in [0.1, 0.15) is 6.61 Å². The van der Waals surface area contributed by atoms with E-state index in [2.05, 4.69) is 36.1 Å². The largest absolute Gasteiger partial charge is 0.382 e. The number of ether oxygens (including phenoxy) is 2. The van der Waals surface area contributed by atoms with Crippen molar-refractivity contribution in [1.29, 1.82) is 0 Å². The molecule has 0 bridgehead atoms. The maximum atomic E-state index is 5.96. The number of aromatic nitrogens is 3. The second-order valence-electron chi connectivity index (χ2n) is 6.91. The van der Waals surface area contributed by atoms with E-state index in [1.54, 1.807) is 7.11 Å². The van der Waals surface area contributed by atoms with E-state index >= 15 is 0 Å². The lowest BCUT2D eigenvalue weighted by molar-refractivity contribution is -0.0140. The lowest BCUT2D eigenvalue weighted by atomic mass is 9.96. The highest BCUT2D eigenvalue weighted by Crippen LogP contribution is 2.25. The Morgan fingerprint density at radius 2 is 1.96 bits per heavy atom. The van der Waals surface area contributed by atoms with E-state index < -0.39 is 0 Å². The number of anilines is 1. The Balaban J connectivity index is 1.82. The number of rotatable bonds is 8. The first-order chi connectivity index (χ1) is 12.1. The zero-order valence-electron chi connectivity index (χ0n) is 15.6. The molecule has 1 aliphatic carbocycles. The quantitative estimate of drug-likeness (QED) is 0.735. The van der Waals surface area contributed by atoms with Crippen LogP contribution in [0, 0.1) is 0 Å². The van der Waals surface area contributed by atoms with Gasteiger partial charge in [0.2, 0.25) is 0 Å². The van der Waals surface area contributed by atoms with Crippen molar-refractivity contribution in [2.75, 3.05) is 32.7 Å². The average Bonchev–Trinajstić information content (AvgIpc) is 2.98. The third-order valence-electron chi connectivity index (χ3n) is 4.67. The molecule has 1 saturated carbocycles. The Morgan fingerprint density at radius 1 is 1.24 bits per heavy atom. The fourth-order valence-electron chi connectivity index (χ4n) is 2.88. The molecule has 0 amide bonds. The minimum Gasteiger partial charge on any atom is -0.382 e. The van der Waals surface area contributed by atoms with E-state index in [-0.39, 0.29) is 6.04 Å². The fraction of sp³-hybridized carbons (Fsp3) is 0.579. The van der Waals surface area contributed by atoms with Crippen LogP contribution in [0.15, 0.2) is 24.3 Å². The maximum absolute atomic E-state index is 5.96. The zero-order valence-corrected chi connectivity index (χ0v) is 15.6. The van der Waals surface area contributed by atoms with Crippen LogP contribution in [-0.2, 0) is 16.1 Å². The first-order valence-corrected chi connectivity index (χ1v) is 8.92. The van der Waals surface area contributed by atoms with Gasteiger partial charge in [-0.3, -0.25) is 0 Å². The highest BCUT2D eigenvalue weighted by atomic mass is 16.5. The molecule has 1 unspecified atom stereocenters. The van der Waals surface area contributed by atoms with Crippen LogP contribution in [0.1, 0.15) is 38.1 Å². The lowest BCUT2D eigenvalue weighted by Crippen LogP contribution is -2.23. The van der Waals surface area contributed by atoms with Gasteiger partial charge in [-0.2, -0.15) is 5.10 Å². The minimum absolute atomic E-state index is 0.118. The molecule has 0 radical (unpaired) electrons. The van der Waals surface area contributed by atoms with Crippen molar-refractivity contribution >= 4 is 5.69 Å². The summed E-state index contributed by atoms with van der Waals surface area (Å²) in [5.74, 6) is 1.60. The first-order valence-electron chi connectivity index (χ1n) is 8.92. The third-order valence-corrected chi connectivity index (χ3v) is 4.67. The number of hydrogen-bond acceptors (Lipinski definition) is 5. The number of hydrogen-bond donors (Lipinski definition) is 0. The van der Waals surface area contributed by atoms with Gasteiger partial charge >= 0.3 is 0 Å². The van der Waals surface area contributed by atoms with Crippen LogP contribution < -0.4 is 4.90 Å². The molecule has 1 aliphatic rings. The summed E-state index contributed by atoms with van der Waals surface area (Å²) < 4.78 is 13.2. The molecule has 1 atom stereocenters. The number of benzene rings is 1. The van der Waals surface area contributed by atoms with E-state index in [9.17, 15) is 0 Å². The monoisotopic (exact) mass is 344 g/mol. The molecular formula is C19H28N4O2. The second kappa shape index (κ2) is 7.97. The highest BCUT2D eigenvalue weighted by molar-refractivity contribution is 5.60. The van der Waals surface area contributed by atoms with Crippen molar-refractivity contribution in [2.24, 2.45) is 0 Å². The van der Waals surface area contributed by atoms with Gasteiger partial charge in [0.15, 0.2) is 11.6 Å². The molecule has 136 valence electrons. The van der Waals surface area contributed by atoms with Crippen LogP contribution in [0.5, 0.6) is 0 Å². The van der Waals surface area contributed by atoms with Gasteiger partial charge in [0.05, 0.1) is 18.8 Å². The summed E-state index contributed by atoms with van der Waals surface area (Å²) in [5, 5.41) is 4.73. The Hall–Kier alpha value is -1.92. The topological polar surface area (TPSA) is 52.4 Å². The molecule has 6 heteroatoms. The summed E-state index contributed by atoms with van der Waals surface area (Å²) in [6.45, 7) is 3.18. The number of methoxy groups -OCH3 is 1. The molecule has 0 aliphatic heterocycles. The Kier molecular flexibility index (Phi) is 5.71. The Morgan fingerprint density at radius 3 is 2.52 bits per heavy atom. The van der Waals surface area contributed by atoms with E-state index in [0.717, 1.165) is 35.7 Å². The Labute approximate surface area is 149 Å². The van der Waals surface area contributed by atoms with Gasteiger partial charge in [-0.25, -0.2) is 9.67 Å². The molecule has 25 heavy (non-hydrogen) atoms. The molecular weight excluding hydrogens is 316 g/mol. The molecule has 2 aromatic rings. The van der Waals surface area contributed by atoms with E-state index in [1.165, 1.54) is 6.42 Å². The third kappa shape index (κ3) is 4.19. The molecule has 1 aromatic carbocycles. The van der Waals surface area contributed by atoms with E-state index in [1.807, 2.05) is 18.8 Å². The SMILES string of the molecule is COCC(C)n1nc(-c2ccc(N(C)C)cc2)nc1COC1CCC1. The summed E-state index contributed by atoms with van der Waals surface area (Å²) in [5.41, 5.74) is 2.17. The van der Waals surface area contributed by atoms with Crippen molar-refractivity contribution in [3.05, 3.63) is 30.1 Å². The van der Waals surface area contributed by atoms with Crippen LogP contribution >= 0.6 is 0 Å². The standard InChI is InChI=1S/C19H28N4O2/c1-14(12-24-4)23-18(13-25-17-6-5-7-17)20-19(21-23)15-8-10-16(11-9-15)22(2)3/h8-11,14,17H,5-7,12-13H2,1-4H3. The lowest BCUT2D eigenvalue weighted by Gasteiger charge is -2.25. The average molecular weight is 344 g/mol. The maximum Gasteiger partial charge on any atom is 0.181 e. The van der Waals surface area contributed by atoms with Gasteiger partial charge in [0, 0.05) is 32.5 Å². The molecule has 1 fully saturated rings. The van der Waals surface area contributed by atoms with Crippen molar-refractivity contribution < 1.29 is 9.47 Å². The van der Waals surface area contributed by atoms with Crippen LogP contribution in [0.2, 0.25) is 0 Å². The van der Waals surface area contributed by atoms with Gasteiger partial charge in [-0.1, -0.05) is 0 Å².